The van der Waals surface area contributed by atoms with Crippen molar-refractivity contribution in [2.75, 3.05) is 5.32 Å². The van der Waals surface area contributed by atoms with Gasteiger partial charge < -0.3 is 5.32 Å². The van der Waals surface area contributed by atoms with Crippen LogP contribution in [0.5, 0.6) is 0 Å². The van der Waals surface area contributed by atoms with Gasteiger partial charge in [-0.1, -0.05) is 81.3 Å². The molecule has 0 bridgehead atoms. The van der Waals surface area contributed by atoms with E-state index in [2.05, 4.69) is 36.8 Å². The largest absolute Gasteiger partial charge is 0.340 e. The van der Waals surface area contributed by atoms with Gasteiger partial charge in [-0.25, -0.2) is 0 Å². The first kappa shape index (κ1) is 23.1. The molecule has 1 unspecified atom stereocenters. The van der Waals surface area contributed by atoms with Crippen molar-refractivity contribution in [2.45, 2.75) is 12.5 Å². The molecule has 1 aromatic heterocycles. The van der Waals surface area contributed by atoms with E-state index in [-0.39, 0.29) is 11.8 Å². The SMILES string of the molecule is O=C(NC(Cc1ccccc1)C(=O)Nc1nnc(-c2cccc(Br)c2)s1)c1ccc(Cl)cc1. The van der Waals surface area contributed by atoms with Crippen molar-refractivity contribution in [1.82, 2.24) is 15.5 Å². The van der Waals surface area contributed by atoms with Crippen LogP contribution < -0.4 is 10.6 Å². The molecule has 4 aromatic rings. The van der Waals surface area contributed by atoms with Gasteiger partial charge in [0.15, 0.2) is 0 Å². The molecule has 0 spiro atoms. The molecule has 0 aliphatic rings. The Hall–Kier alpha value is -3.07. The molecule has 0 radical (unpaired) electrons. The minimum absolute atomic E-state index is 0.323. The number of amides is 2. The predicted molar refractivity (Wildman–Crippen MR) is 135 cm³/mol. The van der Waals surface area contributed by atoms with E-state index in [1.807, 2.05) is 54.6 Å². The topological polar surface area (TPSA) is 84.0 Å². The van der Waals surface area contributed by atoms with Gasteiger partial charge in [-0.3, -0.25) is 14.9 Å². The molecule has 0 fully saturated rings. The van der Waals surface area contributed by atoms with Gasteiger partial charge >= 0.3 is 0 Å². The van der Waals surface area contributed by atoms with E-state index in [4.69, 9.17) is 11.6 Å². The Morgan fingerprint density at radius 1 is 0.970 bits per heavy atom. The molecule has 2 N–H and O–H groups in total. The van der Waals surface area contributed by atoms with Crippen LogP contribution in [0.2, 0.25) is 5.02 Å². The van der Waals surface area contributed by atoms with Crippen molar-refractivity contribution in [1.29, 1.82) is 0 Å². The summed E-state index contributed by atoms with van der Waals surface area (Å²) in [5, 5.41) is 15.4. The van der Waals surface area contributed by atoms with Gasteiger partial charge in [0.1, 0.15) is 11.0 Å². The average Bonchev–Trinajstić information content (AvgIpc) is 3.28. The summed E-state index contributed by atoms with van der Waals surface area (Å²) in [6, 6.07) is 22.8. The summed E-state index contributed by atoms with van der Waals surface area (Å²) >= 11 is 10.6. The van der Waals surface area contributed by atoms with Gasteiger partial charge in [0, 0.05) is 27.0 Å². The van der Waals surface area contributed by atoms with Gasteiger partial charge in [-0.15, -0.1) is 10.2 Å². The quantitative estimate of drug-likeness (QED) is 0.319. The van der Waals surface area contributed by atoms with E-state index in [0.717, 1.165) is 15.6 Å². The van der Waals surface area contributed by atoms with Crippen LogP contribution in [0.15, 0.2) is 83.3 Å². The normalized spacial score (nSPS) is 11.6. The second-order valence-corrected chi connectivity index (χ2v) is 9.46. The molecule has 0 aliphatic carbocycles. The number of carbonyl (C=O) groups excluding carboxylic acids is 2. The van der Waals surface area contributed by atoms with Crippen LogP contribution in [0.1, 0.15) is 15.9 Å². The molecule has 33 heavy (non-hydrogen) atoms. The molecule has 3 aromatic carbocycles. The minimum atomic E-state index is -0.811. The molecular weight excluding hydrogens is 524 g/mol. The summed E-state index contributed by atoms with van der Waals surface area (Å²) in [6.07, 6.45) is 0.323. The van der Waals surface area contributed by atoms with Crippen molar-refractivity contribution in [2.24, 2.45) is 0 Å². The number of anilines is 1. The highest BCUT2D eigenvalue weighted by Gasteiger charge is 2.23. The monoisotopic (exact) mass is 540 g/mol. The highest BCUT2D eigenvalue weighted by molar-refractivity contribution is 9.10. The summed E-state index contributed by atoms with van der Waals surface area (Å²) < 4.78 is 0.925. The van der Waals surface area contributed by atoms with Crippen molar-refractivity contribution in [3.63, 3.8) is 0 Å². The first-order valence-corrected chi connectivity index (χ1v) is 12.0. The number of hydrogen-bond acceptors (Lipinski definition) is 5. The molecule has 0 saturated heterocycles. The molecule has 1 atom stereocenters. The lowest BCUT2D eigenvalue weighted by Crippen LogP contribution is -2.45. The number of halogens is 2. The number of benzene rings is 3. The Morgan fingerprint density at radius 3 is 2.45 bits per heavy atom. The lowest BCUT2D eigenvalue weighted by Gasteiger charge is -2.18. The van der Waals surface area contributed by atoms with Crippen molar-refractivity contribution < 1.29 is 9.59 Å². The fourth-order valence-electron chi connectivity index (χ4n) is 3.11. The summed E-state index contributed by atoms with van der Waals surface area (Å²) in [7, 11) is 0. The van der Waals surface area contributed by atoms with Crippen LogP contribution in [0, 0.1) is 0 Å². The van der Waals surface area contributed by atoms with Gasteiger partial charge in [0.25, 0.3) is 5.91 Å². The number of nitrogens with zero attached hydrogens (tertiary/aromatic N) is 2. The number of rotatable bonds is 7. The summed E-state index contributed by atoms with van der Waals surface area (Å²) in [5.41, 5.74) is 2.22. The summed E-state index contributed by atoms with van der Waals surface area (Å²) in [4.78, 5) is 25.9. The molecule has 2 amide bonds. The van der Waals surface area contributed by atoms with Crippen molar-refractivity contribution in [3.05, 3.63) is 99.5 Å². The van der Waals surface area contributed by atoms with E-state index >= 15 is 0 Å². The summed E-state index contributed by atoms with van der Waals surface area (Å²) in [6.45, 7) is 0. The van der Waals surface area contributed by atoms with Gasteiger partial charge in [-0.05, 0) is 42.0 Å². The molecule has 0 aliphatic heterocycles. The zero-order valence-electron chi connectivity index (χ0n) is 17.2. The Kier molecular flexibility index (Phi) is 7.49. The highest BCUT2D eigenvalue weighted by atomic mass is 79.9. The molecule has 0 saturated carbocycles. The second kappa shape index (κ2) is 10.7. The van der Waals surface area contributed by atoms with Gasteiger partial charge in [0.05, 0.1) is 0 Å². The summed E-state index contributed by atoms with van der Waals surface area (Å²) in [5.74, 6) is -0.743. The zero-order valence-corrected chi connectivity index (χ0v) is 20.3. The van der Waals surface area contributed by atoms with E-state index < -0.39 is 6.04 Å². The Labute approximate surface area is 208 Å². The van der Waals surface area contributed by atoms with Crippen LogP contribution in [0.25, 0.3) is 10.6 Å². The molecular formula is C24H18BrClN4O2S. The van der Waals surface area contributed by atoms with Crippen LogP contribution >= 0.6 is 38.9 Å². The van der Waals surface area contributed by atoms with E-state index in [0.29, 0.717) is 27.1 Å². The molecule has 166 valence electrons. The molecule has 6 nitrogen and oxygen atoms in total. The number of hydrogen-bond donors (Lipinski definition) is 2. The average molecular weight is 542 g/mol. The van der Waals surface area contributed by atoms with E-state index in [9.17, 15) is 9.59 Å². The third-order valence-electron chi connectivity index (χ3n) is 4.74. The molecule has 9 heteroatoms. The standard InChI is InChI=1S/C24H18BrClN4O2S/c25-18-8-4-7-17(14-18)23-29-30-24(33-23)28-22(32)20(13-15-5-2-1-3-6-15)27-21(31)16-9-11-19(26)12-10-16/h1-12,14,20H,13H2,(H,27,31)(H,28,30,32). The fourth-order valence-corrected chi connectivity index (χ4v) is 4.37. The van der Waals surface area contributed by atoms with E-state index in [1.54, 1.807) is 24.3 Å². The maximum absolute atomic E-state index is 13.1. The molecule has 4 rings (SSSR count). The first-order chi connectivity index (χ1) is 16.0. The Bertz CT molecular complexity index is 1260. The van der Waals surface area contributed by atoms with Crippen LogP contribution in [0.4, 0.5) is 5.13 Å². The molecule has 1 heterocycles. The van der Waals surface area contributed by atoms with Crippen LogP contribution in [-0.2, 0) is 11.2 Å². The first-order valence-electron chi connectivity index (χ1n) is 9.98. The maximum Gasteiger partial charge on any atom is 0.251 e. The lowest BCUT2D eigenvalue weighted by molar-refractivity contribution is -0.118. The van der Waals surface area contributed by atoms with Gasteiger partial charge in [-0.2, -0.15) is 0 Å². The van der Waals surface area contributed by atoms with Crippen molar-refractivity contribution >= 4 is 55.8 Å². The number of carbonyl (C=O) groups is 2. The minimum Gasteiger partial charge on any atom is -0.340 e. The fraction of sp³-hybridized carbons (Fsp3) is 0.0833. The smallest absolute Gasteiger partial charge is 0.251 e. The predicted octanol–water partition coefficient (Wildman–Crippen LogP) is 5.60. The zero-order chi connectivity index (χ0) is 23.2. The second-order valence-electron chi connectivity index (χ2n) is 7.13. The lowest BCUT2D eigenvalue weighted by atomic mass is 10.0. The van der Waals surface area contributed by atoms with Gasteiger partial charge in [0.2, 0.25) is 11.0 Å². The maximum atomic E-state index is 13.1. The van der Waals surface area contributed by atoms with Crippen LogP contribution in [0.3, 0.4) is 0 Å². The Morgan fingerprint density at radius 2 is 1.73 bits per heavy atom. The highest BCUT2D eigenvalue weighted by Crippen LogP contribution is 2.28. The van der Waals surface area contributed by atoms with Crippen LogP contribution in [-0.4, -0.2) is 28.1 Å². The number of aromatic nitrogens is 2. The van der Waals surface area contributed by atoms with E-state index in [1.165, 1.54) is 11.3 Å². The Balaban J connectivity index is 1.51. The van der Waals surface area contributed by atoms with Crippen molar-refractivity contribution in [3.8, 4) is 10.6 Å². The third-order valence-corrected chi connectivity index (χ3v) is 6.37. The third kappa shape index (κ3) is 6.25. The number of nitrogens with one attached hydrogen (secondary N) is 2.